The fourth-order valence-corrected chi connectivity index (χ4v) is 5.02. The first-order valence-corrected chi connectivity index (χ1v) is 12.5. The molecule has 0 radical (unpaired) electrons. The van der Waals surface area contributed by atoms with Crippen LogP contribution in [0, 0.1) is 0 Å². The zero-order valence-corrected chi connectivity index (χ0v) is 23.8. The minimum atomic E-state index is -1.01. The quantitative estimate of drug-likeness (QED) is 0.361. The van der Waals surface area contributed by atoms with Crippen molar-refractivity contribution in [2.24, 2.45) is 0 Å². The molecule has 0 unspecified atom stereocenters. The Morgan fingerprint density at radius 2 is 1.59 bits per heavy atom. The summed E-state index contributed by atoms with van der Waals surface area (Å²) < 4.78 is 9.47. The first-order chi connectivity index (χ1) is 17.4. The summed E-state index contributed by atoms with van der Waals surface area (Å²) in [6.07, 6.45) is 0.0774. The van der Waals surface area contributed by atoms with Crippen molar-refractivity contribution in [1.82, 2.24) is 9.59 Å². The van der Waals surface area contributed by atoms with Gasteiger partial charge in [-0.1, -0.05) is 82.8 Å². The number of amides is 1. The summed E-state index contributed by atoms with van der Waals surface area (Å²) in [4.78, 5) is 24.0. The Labute approximate surface area is 245 Å². The van der Waals surface area contributed by atoms with Crippen LogP contribution in [0.15, 0.2) is 72.8 Å². The van der Waals surface area contributed by atoms with E-state index in [0.29, 0.717) is 34.1 Å². The fraction of sp³-hybridized carbons (Fsp3) is 0.185. The first-order valence-electron chi connectivity index (χ1n) is 11.3. The van der Waals surface area contributed by atoms with Crippen molar-refractivity contribution in [2.45, 2.75) is 31.3 Å². The van der Waals surface area contributed by atoms with Gasteiger partial charge in [0.2, 0.25) is 0 Å². The Bertz CT molecular complexity index is 1420. The summed E-state index contributed by atoms with van der Waals surface area (Å²) in [6.45, 7) is 1.75. The second-order valence-electron chi connectivity index (χ2n) is 8.67. The van der Waals surface area contributed by atoms with Gasteiger partial charge in [0.25, 0.3) is 0 Å². The van der Waals surface area contributed by atoms with E-state index >= 15 is 0 Å². The van der Waals surface area contributed by atoms with E-state index in [0.717, 1.165) is 33.8 Å². The average molecular weight is 542 g/mol. The largest absolute Gasteiger partial charge is 1.00 e. The molecule has 1 heterocycles. The van der Waals surface area contributed by atoms with Gasteiger partial charge < -0.3 is 14.6 Å². The molecule has 1 aliphatic carbocycles. The number of rotatable bonds is 7. The molecule has 37 heavy (non-hydrogen) atoms. The minimum absolute atomic E-state index is 0. The number of carboxylic acids is 1. The Balaban J connectivity index is 0.00000320. The van der Waals surface area contributed by atoms with Gasteiger partial charge in [-0.05, 0) is 42.5 Å². The first kappa shape index (κ1) is 27.3. The summed E-state index contributed by atoms with van der Waals surface area (Å²) >= 11 is 7.25. The van der Waals surface area contributed by atoms with Crippen LogP contribution in [0.3, 0.4) is 0 Å². The van der Waals surface area contributed by atoms with Crippen LogP contribution in [-0.4, -0.2) is 21.6 Å². The summed E-state index contributed by atoms with van der Waals surface area (Å²) in [5, 5.41) is 19.4. The zero-order valence-electron chi connectivity index (χ0n) is 20.2. The van der Waals surface area contributed by atoms with Crippen molar-refractivity contribution < 1.29 is 49.0 Å². The van der Waals surface area contributed by atoms with Crippen LogP contribution in [0.5, 0.6) is 0 Å². The maximum absolute atomic E-state index is 12.5. The van der Waals surface area contributed by atoms with Crippen LogP contribution in [-0.2, 0) is 14.9 Å². The number of carbonyl (C=O) groups excluding carboxylic acids is 2. The van der Waals surface area contributed by atoms with E-state index in [-0.39, 0.29) is 29.6 Å². The Morgan fingerprint density at radius 3 is 2.19 bits per heavy atom. The minimum Gasteiger partial charge on any atom is -0.549 e. The second kappa shape index (κ2) is 11.3. The number of hydrogen-bond acceptors (Lipinski definition) is 7. The van der Waals surface area contributed by atoms with Gasteiger partial charge in [-0.15, -0.1) is 5.10 Å². The number of carboxylic acid groups (broad SMARTS) is 1. The number of ether oxygens (including phenoxy) is 1. The molecule has 1 aromatic heterocycles. The third kappa shape index (κ3) is 5.73. The number of carbonyl (C=O) groups is 2. The fourth-order valence-electron chi connectivity index (χ4n) is 4.15. The number of nitrogens with one attached hydrogen (secondary N) is 1. The van der Waals surface area contributed by atoms with Gasteiger partial charge in [-0.25, -0.2) is 4.79 Å². The topological polar surface area (TPSA) is 104 Å². The monoisotopic (exact) mass is 541 g/mol. The van der Waals surface area contributed by atoms with Crippen LogP contribution >= 0.6 is 23.1 Å². The van der Waals surface area contributed by atoms with Crippen molar-refractivity contribution in [3.63, 3.8) is 0 Å². The molecule has 0 bridgehead atoms. The molecular formula is C27H21ClN3NaO4S. The second-order valence-corrected chi connectivity index (χ2v) is 9.83. The molecule has 4 aromatic rings. The number of aliphatic carboxylic acids is 1. The predicted molar refractivity (Wildman–Crippen MR) is 137 cm³/mol. The maximum atomic E-state index is 12.5. The van der Waals surface area contributed by atoms with Gasteiger partial charge in [0, 0.05) is 33.1 Å². The molecule has 5 rings (SSSR count). The van der Waals surface area contributed by atoms with Crippen LogP contribution in [0.4, 0.5) is 9.80 Å². The van der Waals surface area contributed by atoms with Gasteiger partial charge in [0.05, 0.1) is 5.97 Å². The molecule has 3 aromatic carbocycles. The van der Waals surface area contributed by atoms with Gasteiger partial charge >= 0.3 is 35.7 Å². The summed E-state index contributed by atoms with van der Waals surface area (Å²) in [5.74, 6) is -1.01. The number of aromatic nitrogens is 2. The average Bonchev–Trinajstić information content (AvgIpc) is 3.58. The Hall–Kier alpha value is -2.75. The molecule has 0 spiro atoms. The number of hydrogen-bond donors (Lipinski definition) is 1. The van der Waals surface area contributed by atoms with Gasteiger partial charge in [0.1, 0.15) is 16.8 Å². The van der Waals surface area contributed by atoms with E-state index in [9.17, 15) is 14.7 Å². The predicted octanol–water partition coefficient (Wildman–Crippen LogP) is 2.62. The van der Waals surface area contributed by atoms with Crippen LogP contribution in [0.2, 0.25) is 5.02 Å². The normalized spacial score (nSPS) is 14.2. The van der Waals surface area contributed by atoms with Crippen LogP contribution in [0.1, 0.15) is 37.0 Å². The van der Waals surface area contributed by atoms with Crippen molar-refractivity contribution in [2.75, 3.05) is 5.32 Å². The maximum Gasteiger partial charge on any atom is 1.00 e. The van der Waals surface area contributed by atoms with Crippen molar-refractivity contribution in [3.8, 4) is 22.4 Å². The molecule has 1 amide bonds. The SMILES string of the molecule is C[C@@H](OC(=O)Nc1snnc1-c1ccc(-c2ccc(C3(C(=O)[O-])CC3)cc2)cc1)c1ccccc1Cl.[Na+]. The van der Waals surface area contributed by atoms with E-state index in [1.54, 1.807) is 13.0 Å². The van der Waals surface area contributed by atoms with E-state index in [4.69, 9.17) is 16.3 Å². The summed E-state index contributed by atoms with van der Waals surface area (Å²) in [7, 11) is 0. The Morgan fingerprint density at radius 1 is 1.00 bits per heavy atom. The number of halogens is 1. The van der Waals surface area contributed by atoms with Crippen LogP contribution < -0.4 is 40.0 Å². The summed E-state index contributed by atoms with van der Waals surface area (Å²) in [5.41, 5.74) is 3.92. The molecule has 0 saturated heterocycles. The standard InChI is InChI=1S/C27H22ClN3O4S.Na/c1-16(21-4-2-3-5-22(21)28)35-26(34)29-24-23(30-31-36-24)19-8-6-17(7-9-19)18-10-12-20(13-11-18)27(14-15-27)25(32)33;/h2-13,16H,14-15H2,1H3,(H,29,34)(H,32,33);/q;+1/p-1/t16-;/m1./s1. The van der Waals surface area contributed by atoms with Crippen molar-refractivity contribution in [3.05, 3.63) is 88.9 Å². The van der Waals surface area contributed by atoms with Gasteiger partial charge in [-0.2, -0.15) is 0 Å². The van der Waals surface area contributed by atoms with Gasteiger partial charge in [-0.3, -0.25) is 5.32 Å². The summed E-state index contributed by atoms with van der Waals surface area (Å²) in [6, 6.07) is 22.4. The zero-order chi connectivity index (χ0) is 25.3. The van der Waals surface area contributed by atoms with Gasteiger partial charge in [0.15, 0.2) is 0 Å². The molecule has 0 aliphatic heterocycles. The van der Waals surface area contributed by atoms with E-state index in [1.165, 1.54) is 0 Å². The van der Waals surface area contributed by atoms with Crippen molar-refractivity contribution in [1.29, 1.82) is 0 Å². The molecule has 1 fully saturated rings. The third-order valence-corrected chi connectivity index (χ3v) is 7.39. The molecule has 1 atom stereocenters. The third-order valence-electron chi connectivity index (χ3n) is 6.40. The van der Waals surface area contributed by atoms with E-state index in [1.807, 2.05) is 66.7 Å². The van der Waals surface area contributed by atoms with Crippen molar-refractivity contribution >= 4 is 40.2 Å². The van der Waals surface area contributed by atoms with E-state index < -0.39 is 23.6 Å². The number of anilines is 1. The van der Waals surface area contributed by atoms with Crippen LogP contribution in [0.25, 0.3) is 22.4 Å². The number of nitrogens with zero attached hydrogens (tertiary/aromatic N) is 2. The molecular weight excluding hydrogens is 521 g/mol. The Kier molecular flexibility index (Phi) is 8.36. The molecule has 1 N–H and O–H groups in total. The molecule has 10 heteroatoms. The molecule has 1 saturated carbocycles. The number of benzene rings is 3. The molecule has 1 aliphatic rings. The smallest absolute Gasteiger partial charge is 0.549 e. The van der Waals surface area contributed by atoms with E-state index in [2.05, 4.69) is 14.9 Å². The molecule has 7 nitrogen and oxygen atoms in total. The molecule has 182 valence electrons.